The summed E-state index contributed by atoms with van der Waals surface area (Å²) in [6.45, 7) is 3.34. The standard InChI is InChI=1S/C17H15NO3/c1-3-17(19)21-16-10-6-14(7-11-16)18-12-13-4-8-15(20-2)9-5-13/h3-12H,1H2,2H3. The highest BCUT2D eigenvalue weighted by Crippen LogP contribution is 2.18. The Kier molecular flexibility index (Phi) is 4.88. The largest absolute Gasteiger partial charge is 0.497 e. The summed E-state index contributed by atoms with van der Waals surface area (Å²) in [5.41, 5.74) is 1.74. The SMILES string of the molecule is C=CC(=O)Oc1ccc(N=Cc2ccc(OC)cc2)cc1. The molecule has 0 N–H and O–H groups in total. The second-order valence-corrected chi connectivity index (χ2v) is 4.15. The van der Waals surface area contributed by atoms with E-state index in [4.69, 9.17) is 9.47 Å². The molecule has 0 aliphatic heterocycles. The van der Waals surface area contributed by atoms with Gasteiger partial charge in [-0.15, -0.1) is 0 Å². The third-order valence-corrected chi connectivity index (χ3v) is 2.70. The van der Waals surface area contributed by atoms with Crippen LogP contribution in [0.3, 0.4) is 0 Å². The summed E-state index contributed by atoms with van der Waals surface area (Å²) in [5, 5.41) is 0. The van der Waals surface area contributed by atoms with Crippen molar-refractivity contribution >= 4 is 17.9 Å². The Morgan fingerprint density at radius 1 is 1.05 bits per heavy atom. The van der Waals surface area contributed by atoms with Gasteiger partial charge in [-0.25, -0.2) is 4.79 Å². The minimum atomic E-state index is -0.482. The van der Waals surface area contributed by atoms with E-state index in [9.17, 15) is 4.79 Å². The molecule has 0 aliphatic rings. The van der Waals surface area contributed by atoms with E-state index in [0.717, 1.165) is 23.1 Å². The smallest absolute Gasteiger partial charge is 0.335 e. The van der Waals surface area contributed by atoms with E-state index in [2.05, 4.69) is 11.6 Å². The van der Waals surface area contributed by atoms with Crippen LogP contribution in [0.25, 0.3) is 0 Å². The number of carbonyl (C=O) groups excluding carboxylic acids is 1. The van der Waals surface area contributed by atoms with Gasteiger partial charge in [0.05, 0.1) is 12.8 Å². The number of hydrogen-bond donors (Lipinski definition) is 0. The highest BCUT2D eigenvalue weighted by atomic mass is 16.5. The van der Waals surface area contributed by atoms with E-state index >= 15 is 0 Å². The van der Waals surface area contributed by atoms with Crippen molar-refractivity contribution in [2.24, 2.45) is 4.99 Å². The van der Waals surface area contributed by atoms with E-state index < -0.39 is 5.97 Å². The normalized spacial score (nSPS) is 10.3. The lowest BCUT2D eigenvalue weighted by atomic mass is 10.2. The Hall–Kier alpha value is -2.88. The second kappa shape index (κ2) is 7.05. The lowest BCUT2D eigenvalue weighted by Gasteiger charge is -2.01. The van der Waals surface area contributed by atoms with Crippen LogP contribution in [-0.2, 0) is 4.79 Å². The molecule has 2 rings (SSSR count). The molecule has 0 saturated heterocycles. The molecule has 106 valence electrons. The molecule has 0 amide bonds. The quantitative estimate of drug-likeness (QED) is 0.364. The third-order valence-electron chi connectivity index (χ3n) is 2.70. The number of methoxy groups -OCH3 is 1. The van der Waals surface area contributed by atoms with Gasteiger partial charge < -0.3 is 9.47 Å². The number of ether oxygens (including phenoxy) is 2. The van der Waals surface area contributed by atoms with Crippen molar-refractivity contribution < 1.29 is 14.3 Å². The maximum absolute atomic E-state index is 11.0. The summed E-state index contributed by atoms with van der Waals surface area (Å²) >= 11 is 0. The van der Waals surface area contributed by atoms with Gasteiger partial charge in [0, 0.05) is 12.3 Å². The Balaban J connectivity index is 2.03. The van der Waals surface area contributed by atoms with Crippen molar-refractivity contribution in [1.29, 1.82) is 0 Å². The average molecular weight is 281 g/mol. The highest BCUT2D eigenvalue weighted by molar-refractivity contribution is 5.84. The fraction of sp³-hybridized carbons (Fsp3) is 0.0588. The number of esters is 1. The van der Waals surface area contributed by atoms with Gasteiger partial charge in [-0.1, -0.05) is 6.58 Å². The first kappa shape index (κ1) is 14.5. The lowest BCUT2D eigenvalue weighted by molar-refractivity contribution is -0.128. The molecular weight excluding hydrogens is 266 g/mol. The zero-order chi connectivity index (χ0) is 15.1. The van der Waals surface area contributed by atoms with Crippen LogP contribution in [0.2, 0.25) is 0 Å². The van der Waals surface area contributed by atoms with Crippen LogP contribution in [0.4, 0.5) is 5.69 Å². The number of rotatable bonds is 5. The first-order chi connectivity index (χ1) is 10.2. The molecule has 2 aromatic rings. The molecule has 4 nitrogen and oxygen atoms in total. The molecule has 0 heterocycles. The van der Waals surface area contributed by atoms with Gasteiger partial charge in [-0.05, 0) is 54.1 Å². The molecule has 0 fully saturated rings. The third kappa shape index (κ3) is 4.31. The van der Waals surface area contributed by atoms with Gasteiger partial charge in [0.25, 0.3) is 0 Å². The summed E-state index contributed by atoms with van der Waals surface area (Å²) in [5.74, 6) is 0.785. The van der Waals surface area contributed by atoms with Crippen LogP contribution in [0.1, 0.15) is 5.56 Å². The fourth-order valence-corrected chi connectivity index (χ4v) is 1.60. The minimum absolute atomic E-state index is 0.461. The molecule has 2 aromatic carbocycles. The van der Waals surface area contributed by atoms with Gasteiger partial charge in [-0.3, -0.25) is 4.99 Å². The van der Waals surface area contributed by atoms with E-state index in [1.165, 1.54) is 0 Å². The van der Waals surface area contributed by atoms with Crippen LogP contribution in [-0.4, -0.2) is 19.3 Å². The Morgan fingerprint density at radius 2 is 1.67 bits per heavy atom. The van der Waals surface area contributed by atoms with Gasteiger partial charge in [0.2, 0.25) is 0 Å². The predicted molar refractivity (Wildman–Crippen MR) is 82.5 cm³/mol. The van der Waals surface area contributed by atoms with E-state index in [1.54, 1.807) is 37.6 Å². The topological polar surface area (TPSA) is 47.9 Å². The lowest BCUT2D eigenvalue weighted by Crippen LogP contribution is -2.02. The Morgan fingerprint density at radius 3 is 2.24 bits per heavy atom. The summed E-state index contributed by atoms with van der Waals surface area (Å²) < 4.78 is 10.1. The van der Waals surface area contributed by atoms with Crippen LogP contribution in [0.15, 0.2) is 66.2 Å². The van der Waals surface area contributed by atoms with Crippen molar-refractivity contribution in [2.45, 2.75) is 0 Å². The van der Waals surface area contributed by atoms with Gasteiger partial charge in [-0.2, -0.15) is 0 Å². The van der Waals surface area contributed by atoms with Gasteiger partial charge in [0.15, 0.2) is 0 Å². The molecule has 0 unspecified atom stereocenters. The minimum Gasteiger partial charge on any atom is -0.497 e. The number of benzene rings is 2. The summed E-state index contributed by atoms with van der Waals surface area (Å²) in [6, 6.07) is 14.5. The maximum atomic E-state index is 11.0. The number of carbonyl (C=O) groups is 1. The molecule has 0 aromatic heterocycles. The number of aliphatic imine (C=N–C) groups is 1. The van der Waals surface area contributed by atoms with Crippen LogP contribution >= 0.6 is 0 Å². The fourth-order valence-electron chi connectivity index (χ4n) is 1.60. The molecule has 0 spiro atoms. The van der Waals surface area contributed by atoms with Crippen molar-refractivity contribution in [3.63, 3.8) is 0 Å². The van der Waals surface area contributed by atoms with E-state index in [0.29, 0.717) is 5.75 Å². The predicted octanol–water partition coefficient (Wildman–Crippen LogP) is 3.54. The monoisotopic (exact) mass is 281 g/mol. The zero-order valence-electron chi connectivity index (χ0n) is 11.7. The van der Waals surface area contributed by atoms with Crippen molar-refractivity contribution in [2.75, 3.05) is 7.11 Å². The Labute approximate surface area is 123 Å². The molecule has 0 bridgehead atoms. The van der Waals surface area contributed by atoms with Crippen molar-refractivity contribution in [1.82, 2.24) is 0 Å². The maximum Gasteiger partial charge on any atom is 0.335 e. The number of nitrogens with zero attached hydrogens (tertiary/aromatic N) is 1. The first-order valence-electron chi connectivity index (χ1n) is 6.33. The molecule has 21 heavy (non-hydrogen) atoms. The molecule has 0 atom stereocenters. The van der Waals surface area contributed by atoms with Crippen LogP contribution in [0, 0.1) is 0 Å². The summed E-state index contributed by atoms with van der Waals surface area (Å²) in [7, 11) is 1.63. The molecule has 0 saturated carbocycles. The van der Waals surface area contributed by atoms with Crippen molar-refractivity contribution in [3.8, 4) is 11.5 Å². The van der Waals surface area contributed by atoms with E-state index in [-0.39, 0.29) is 0 Å². The average Bonchev–Trinajstić information content (AvgIpc) is 2.54. The summed E-state index contributed by atoms with van der Waals surface area (Å²) in [4.78, 5) is 15.4. The second-order valence-electron chi connectivity index (χ2n) is 4.15. The van der Waals surface area contributed by atoms with Crippen LogP contribution in [0.5, 0.6) is 11.5 Å². The van der Waals surface area contributed by atoms with Gasteiger partial charge >= 0.3 is 5.97 Å². The molecule has 0 radical (unpaired) electrons. The highest BCUT2D eigenvalue weighted by Gasteiger charge is 1.99. The Bertz CT molecular complexity index is 643. The number of hydrogen-bond acceptors (Lipinski definition) is 4. The first-order valence-corrected chi connectivity index (χ1v) is 6.33. The van der Waals surface area contributed by atoms with Gasteiger partial charge in [0.1, 0.15) is 11.5 Å². The molecule has 4 heteroatoms. The zero-order valence-corrected chi connectivity index (χ0v) is 11.7. The van der Waals surface area contributed by atoms with Crippen LogP contribution < -0.4 is 9.47 Å². The molecular formula is C17H15NO3. The van der Waals surface area contributed by atoms with E-state index in [1.807, 2.05) is 24.3 Å². The van der Waals surface area contributed by atoms with Crippen molar-refractivity contribution in [3.05, 3.63) is 66.7 Å². The summed E-state index contributed by atoms with van der Waals surface area (Å²) in [6.07, 6.45) is 2.87. The molecule has 0 aliphatic carbocycles.